The van der Waals surface area contributed by atoms with E-state index in [1.165, 1.54) is 9.80 Å². The number of fused-ring (bicyclic) bond motifs is 1. The zero-order valence-electron chi connectivity index (χ0n) is 27.4. The van der Waals surface area contributed by atoms with Gasteiger partial charge in [-0.1, -0.05) is 73.1 Å². The van der Waals surface area contributed by atoms with Crippen molar-refractivity contribution in [3.8, 4) is 0 Å². The first kappa shape index (κ1) is 35.3. The second-order valence-corrected chi connectivity index (χ2v) is 13.1. The summed E-state index contributed by atoms with van der Waals surface area (Å²) in [6, 6.07) is 13.6. The van der Waals surface area contributed by atoms with E-state index in [1.54, 1.807) is 43.3 Å². The second-order valence-electron chi connectivity index (χ2n) is 12.7. The van der Waals surface area contributed by atoms with Crippen LogP contribution in [0.1, 0.15) is 57.6 Å². The maximum atomic E-state index is 14.7. The molecule has 1 spiro atoms. The molecular weight excluding hydrogens is 634 g/mol. The quantitative estimate of drug-likeness (QED) is 0.206. The summed E-state index contributed by atoms with van der Waals surface area (Å²) in [5.41, 5.74) is -0.190. The molecule has 2 aromatic carbocycles. The fraction of sp³-hybridized carbons (Fsp3) is 0.459. The molecule has 10 nitrogen and oxygen atoms in total. The third-order valence-electron chi connectivity index (χ3n) is 9.83. The van der Waals surface area contributed by atoms with Crippen molar-refractivity contribution in [1.29, 1.82) is 0 Å². The van der Waals surface area contributed by atoms with E-state index in [4.69, 9.17) is 21.1 Å². The number of aliphatic hydroxyl groups excluding tert-OH is 1. The third-order valence-corrected chi connectivity index (χ3v) is 10.1. The fourth-order valence-corrected chi connectivity index (χ4v) is 7.88. The lowest BCUT2D eigenvalue weighted by atomic mass is 9.70. The van der Waals surface area contributed by atoms with Crippen LogP contribution in [-0.2, 0) is 28.7 Å². The lowest BCUT2D eigenvalue weighted by Gasteiger charge is -2.39. The Hall–Kier alpha value is -3.99. The smallest absolute Gasteiger partial charge is 0.313 e. The number of ether oxygens (including phenoxy) is 2. The fourth-order valence-electron chi connectivity index (χ4n) is 7.64. The number of hydrogen-bond donors (Lipinski definition) is 2. The Bertz CT molecular complexity index is 1530. The first-order valence-electron chi connectivity index (χ1n) is 16.6. The number of carbonyl (C=O) groups is 4. The second kappa shape index (κ2) is 15.1. The van der Waals surface area contributed by atoms with Gasteiger partial charge >= 0.3 is 5.97 Å². The number of rotatable bonds is 15. The van der Waals surface area contributed by atoms with Gasteiger partial charge in [-0.15, -0.1) is 13.2 Å². The van der Waals surface area contributed by atoms with Gasteiger partial charge in [-0.05, 0) is 50.3 Å². The molecule has 3 aliphatic rings. The number of nitrogens with one attached hydrogen (secondary N) is 1. The maximum Gasteiger partial charge on any atom is 0.313 e. The molecule has 3 aliphatic heterocycles. The molecule has 2 aromatic rings. The van der Waals surface area contributed by atoms with Gasteiger partial charge in [-0.2, -0.15) is 0 Å². The van der Waals surface area contributed by atoms with Crippen molar-refractivity contribution in [2.45, 2.75) is 81.9 Å². The minimum atomic E-state index is -1.32. The first-order chi connectivity index (χ1) is 23.1. The van der Waals surface area contributed by atoms with Crippen molar-refractivity contribution < 1.29 is 33.8 Å². The standard InChI is InChI=1S/C37H44ClN3O7/c1-5-8-18-29(43)39-23(4)32(24-14-10-9-11-15-24)47-36(46)30-28-19-20-37(48-28)31(30)34(44)41(25(7-3)22-42)33(37)35(45)40(21-6-2)27-17-13-12-16-26(27)38/h5-6,9-17,23,25,28,30-33,42H,1-2,7-8,18-22H2,3-4H3,(H,39,43)/t23-,25-,28-,30+,31+,32-,33-,37+/m0/s1. The zero-order chi connectivity index (χ0) is 34.6. The molecule has 3 saturated heterocycles. The van der Waals surface area contributed by atoms with Crippen LogP contribution >= 0.6 is 11.6 Å². The molecule has 0 unspecified atom stereocenters. The highest BCUT2D eigenvalue weighted by Gasteiger charge is 2.75. The van der Waals surface area contributed by atoms with E-state index in [1.807, 2.05) is 37.3 Å². The highest BCUT2D eigenvalue weighted by atomic mass is 35.5. The molecule has 3 heterocycles. The molecule has 0 aliphatic carbocycles. The van der Waals surface area contributed by atoms with Crippen molar-refractivity contribution in [3.05, 3.63) is 90.5 Å². The van der Waals surface area contributed by atoms with Gasteiger partial charge in [0, 0.05) is 13.0 Å². The first-order valence-corrected chi connectivity index (χ1v) is 16.9. The number of halogens is 1. The third kappa shape index (κ3) is 6.41. The predicted octanol–water partition coefficient (Wildman–Crippen LogP) is 4.76. The average Bonchev–Trinajstić information content (AvgIpc) is 3.73. The van der Waals surface area contributed by atoms with Gasteiger partial charge < -0.3 is 29.7 Å². The van der Waals surface area contributed by atoms with Crippen molar-refractivity contribution in [1.82, 2.24) is 10.2 Å². The number of carbonyl (C=O) groups excluding carboxylic acids is 4. The molecule has 3 amide bonds. The molecule has 0 aromatic heterocycles. The summed E-state index contributed by atoms with van der Waals surface area (Å²) in [4.78, 5) is 59.1. The normalized spacial score (nSPS) is 25.9. The Labute approximate surface area is 286 Å². The Balaban J connectivity index is 1.50. The van der Waals surface area contributed by atoms with Gasteiger partial charge in [-0.25, -0.2) is 0 Å². The van der Waals surface area contributed by atoms with E-state index < -0.39 is 65.6 Å². The topological polar surface area (TPSA) is 125 Å². The van der Waals surface area contributed by atoms with E-state index in [0.717, 1.165) is 0 Å². The minimum Gasteiger partial charge on any atom is -0.455 e. The Morgan fingerprint density at radius 1 is 1.17 bits per heavy atom. The van der Waals surface area contributed by atoms with Crippen LogP contribution in [0.4, 0.5) is 5.69 Å². The van der Waals surface area contributed by atoms with Crippen LogP contribution in [0.15, 0.2) is 79.9 Å². The van der Waals surface area contributed by atoms with Gasteiger partial charge in [0.25, 0.3) is 5.91 Å². The molecule has 5 rings (SSSR count). The number of amides is 3. The summed E-state index contributed by atoms with van der Waals surface area (Å²) in [7, 11) is 0. The van der Waals surface area contributed by atoms with Gasteiger partial charge in [-0.3, -0.25) is 19.2 Å². The number of esters is 1. The van der Waals surface area contributed by atoms with E-state index in [0.29, 0.717) is 42.0 Å². The highest BCUT2D eigenvalue weighted by Crippen LogP contribution is 2.59. The molecule has 0 radical (unpaired) electrons. The van der Waals surface area contributed by atoms with Crippen LogP contribution in [-0.4, -0.2) is 76.7 Å². The maximum absolute atomic E-state index is 14.7. The monoisotopic (exact) mass is 677 g/mol. The van der Waals surface area contributed by atoms with Crippen LogP contribution in [0.25, 0.3) is 0 Å². The van der Waals surface area contributed by atoms with Crippen molar-refractivity contribution in [3.63, 3.8) is 0 Å². The van der Waals surface area contributed by atoms with E-state index in [2.05, 4.69) is 18.5 Å². The van der Waals surface area contributed by atoms with Crippen LogP contribution in [0.5, 0.6) is 0 Å². The summed E-state index contributed by atoms with van der Waals surface area (Å²) >= 11 is 6.55. The van der Waals surface area contributed by atoms with Crippen LogP contribution in [0, 0.1) is 11.8 Å². The number of anilines is 1. The van der Waals surface area contributed by atoms with Crippen molar-refractivity contribution in [2.24, 2.45) is 11.8 Å². The molecule has 11 heteroatoms. The molecule has 256 valence electrons. The summed E-state index contributed by atoms with van der Waals surface area (Å²) < 4.78 is 12.8. The number of nitrogens with zero attached hydrogens (tertiary/aromatic N) is 2. The lowest BCUT2D eigenvalue weighted by Crippen LogP contribution is -2.59. The number of benzene rings is 2. The van der Waals surface area contributed by atoms with Gasteiger partial charge in [0.1, 0.15) is 17.7 Å². The predicted molar refractivity (Wildman–Crippen MR) is 182 cm³/mol. The molecule has 48 heavy (non-hydrogen) atoms. The molecule has 3 fully saturated rings. The van der Waals surface area contributed by atoms with E-state index >= 15 is 0 Å². The highest BCUT2D eigenvalue weighted by molar-refractivity contribution is 6.34. The van der Waals surface area contributed by atoms with Crippen molar-refractivity contribution in [2.75, 3.05) is 18.1 Å². The molecule has 8 atom stereocenters. The van der Waals surface area contributed by atoms with E-state index in [9.17, 15) is 24.3 Å². The molecular formula is C37H44ClN3O7. The van der Waals surface area contributed by atoms with Gasteiger partial charge in [0.05, 0.1) is 47.3 Å². The number of allylic oxidation sites excluding steroid dienone is 1. The largest absolute Gasteiger partial charge is 0.455 e. The number of para-hydroxylation sites is 1. The van der Waals surface area contributed by atoms with Crippen LogP contribution in [0.2, 0.25) is 5.02 Å². The van der Waals surface area contributed by atoms with Crippen molar-refractivity contribution >= 4 is 41.0 Å². The number of hydrogen-bond acceptors (Lipinski definition) is 7. The van der Waals surface area contributed by atoms with Crippen LogP contribution < -0.4 is 10.2 Å². The minimum absolute atomic E-state index is 0.113. The average molecular weight is 678 g/mol. The number of likely N-dealkylation sites (tertiary alicyclic amines) is 1. The van der Waals surface area contributed by atoms with E-state index in [-0.39, 0.29) is 25.5 Å². The van der Waals surface area contributed by atoms with Gasteiger partial charge in [0.15, 0.2) is 0 Å². The summed E-state index contributed by atoms with van der Waals surface area (Å²) in [6.45, 7) is 10.8. The zero-order valence-corrected chi connectivity index (χ0v) is 28.2. The SMILES string of the molecule is C=CCCC(=O)N[C@@H](C)[C@H](OC(=O)[C@@H]1[C@@H]2CC[C@]3(O2)[C@H](C(=O)N(CC=C)c2ccccc2Cl)N([C@@H](CC)CO)C(=O)[C@@H]13)c1ccccc1. The Kier molecular flexibility index (Phi) is 11.1. The Morgan fingerprint density at radius 3 is 2.52 bits per heavy atom. The molecule has 2 N–H and O–H groups in total. The van der Waals surface area contributed by atoms with Crippen LogP contribution in [0.3, 0.4) is 0 Å². The summed E-state index contributed by atoms with van der Waals surface area (Å²) in [6.07, 6.45) is 3.67. The summed E-state index contributed by atoms with van der Waals surface area (Å²) in [5, 5.41) is 13.7. The number of aliphatic hydroxyl groups is 1. The lowest BCUT2D eigenvalue weighted by molar-refractivity contribution is -0.162. The Morgan fingerprint density at radius 2 is 1.88 bits per heavy atom. The van der Waals surface area contributed by atoms with Gasteiger partial charge in [0.2, 0.25) is 11.8 Å². The summed E-state index contributed by atoms with van der Waals surface area (Å²) in [5.74, 6) is -3.71. The molecule has 2 bridgehead atoms. The molecule has 0 saturated carbocycles.